The molecule has 1 aromatic carbocycles. The molecule has 0 unspecified atom stereocenters. The zero-order valence-corrected chi connectivity index (χ0v) is 12.2. The highest BCUT2D eigenvalue weighted by Gasteiger charge is 2.25. The Balaban J connectivity index is 1.91. The van der Waals surface area contributed by atoms with E-state index in [1.54, 1.807) is 6.07 Å². The molecular formula is C14H18BrFN2O. The molecule has 19 heavy (non-hydrogen) atoms. The van der Waals surface area contributed by atoms with Crippen LogP contribution in [-0.2, 0) is 11.3 Å². The zero-order valence-electron chi connectivity index (χ0n) is 10.7. The molecule has 0 aromatic heterocycles. The van der Waals surface area contributed by atoms with Crippen LogP contribution in [0.3, 0.4) is 0 Å². The minimum atomic E-state index is -0.237. The molecule has 0 aliphatic heterocycles. The maximum absolute atomic E-state index is 13.2. The average Bonchev–Trinajstić information content (AvgIpc) is 2.40. The van der Waals surface area contributed by atoms with Crippen molar-refractivity contribution in [1.29, 1.82) is 0 Å². The number of halogens is 2. The van der Waals surface area contributed by atoms with Gasteiger partial charge in [0.1, 0.15) is 5.82 Å². The van der Waals surface area contributed by atoms with Crippen LogP contribution in [-0.4, -0.2) is 11.9 Å². The van der Waals surface area contributed by atoms with Gasteiger partial charge in [0.2, 0.25) is 5.91 Å². The van der Waals surface area contributed by atoms with E-state index in [4.69, 9.17) is 5.73 Å². The van der Waals surface area contributed by atoms with Crippen LogP contribution in [0.1, 0.15) is 31.2 Å². The van der Waals surface area contributed by atoms with Crippen molar-refractivity contribution in [2.45, 2.75) is 38.3 Å². The molecule has 0 bridgehead atoms. The van der Waals surface area contributed by atoms with Gasteiger partial charge in [0.25, 0.3) is 0 Å². The number of primary amides is 1. The van der Waals surface area contributed by atoms with Crippen molar-refractivity contribution in [3.63, 3.8) is 0 Å². The molecule has 1 aliphatic rings. The molecule has 3 N–H and O–H groups in total. The van der Waals surface area contributed by atoms with Gasteiger partial charge in [-0.05, 0) is 43.0 Å². The van der Waals surface area contributed by atoms with Crippen molar-refractivity contribution >= 4 is 21.8 Å². The summed E-state index contributed by atoms with van der Waals surface area (Å²) in [5.41, 5.74) is 6.25. The number of hydrogen-bond acceptors (Lipinski definition) is 2. The average molecular weight is 329 g/mol. The van der Waals surface area contributed by atoms with Crippen LogP contribution in [0.4, 0.5) is 4.39 Å². The van der Waals surface area contributed by atoms with E-state index in [2.05, 4.69) is 21.2 Å². The van der Waals surface area contributed by atoms with Crippen molar-refractivity contribution < 1.29 is 9.18 Å². The summed E-state index contributed by atoms with van der Waals surface area (Å²) < 4.78 is 14.1. The third-order valence-corrected chi connectivity index (χ3v) is 4.44. The maximum Gasteiger partial charge on any atom is 0.220 e. The molecule has 1 aliphatic carbocycles. The summed E-state index contributed by atoms with van der Waals surface area (Å²) in [6.45, 7) is 0.592. The predicted molar refractivity (Wildman–Crippen MR) is 75.9 cm³/mol. The van der Waals surface area contributed by atoms with Crippen LogP contribution in [0.15, 0.2) is 22.7 Å². The molecule has 0 radical (unpaired) electrons. The van der Waals surface area contributed by atoms with Crippen LogP contribution >= 0.6 is 15.9 Å². The van der Waals surface area contributed by atoms with Crippen molar-refractivity contribution in [2.75, 3.05) is 0 Å². The van der Waals surface area contributed by atoms with Gasteiger partial charge in [-0.25, -0.2) is 4.39 Å². The lowest BCUT2D eigenvalue weighted by atomic mass is 9.85. The fourth-order valence-corrected chi connectivity index (χ4v) is 2.95. The first-order valence-corrected chi connectivity index (χ1v) is 7.32. The first kappa shape index (κ1) is 14.5. The SMILES string of the molecule is NC(=O)[C@H]1CCC[C@@H](NCc2cc(F)ccc2Br)C1. The molecule has 1 saturated carbocycles. The number of nitrogens with one attached hydrogen (secondary N) is 1. The topological polar surface area (TPSA) is 55.1 Å². The molecule has 1 amide bonds. The number of amides is 1. The van der Waals surface area contributed by atoms with E-state index in [9.17, 15) is 9.18 Å². The Morgan fingerprint density at radius 3 is 3.00 bits per heavy atom. The minimum absolute atomic E-state index is 0.0257. The molecule has 3 nitrogen and oxygen atoms in total. The molecule has 0 saturated heterocycles. The van der Waals surface area contributed by atoms with E-state index in [-0.39, 0.29) is 23.7 Å². The summed E-state index contributed by atoms with van der Waals surface area (Å²) in [4.78, 5) is 11.2. The quantitative estimate of drug-likeness (QED) is 0.892. The Morgan fingerprint density at radius 1 is 1.47 bits per heavy atom. The van der Waals surface area contributed by atoms with Gasteiger partial charge in [-0.2, -0.15) is 0 Å². The van der Waals surface area contributed by atoms with E-state index >= 15 is 0 Å². The van der Waals surface area contributed by atoms with Crippen LogP contribution in [0, 0.1) is 11.7 Å². The lowest BCUT2D eigenvalue weighted by molar-refractivity contribution is -0.122. The molecule has 0 heterocycles. The van der Waals surface area contributed by atoms with Gasteiger partial charge in [0, 0.05) is 23.0 Å². The Morgan fingerprint density at radius 2 is 2.26 bits per heavy atom. The van der Waals surface area contributed by atoms with Gasteiger partial charge in [0.15, 0.2) is 0 Å². The number of rotatable bonds is 4. The molecule has 2 rings (SSSR count). The fourth-order valence-electron chi connectivity index (χ4n) is 2.57. The van der Waals surface area contributed by atoms with Gasteiger partial charge in [-0.15, -0.1) is 0 Å². The van der Waals surface area contributed by atoms with E-state index < -0.39 is 0 Å². The number of carbonyl (C=O) groups excluding carboxylic acids is 1. The van der Waals surface area contributed by atoms with E-state index in [0.29, 0.717) is 6.54 Å². The summed E-state index contributed by atoms with van der Waals surface area (Å²) in [5, 5.41) is 3.39. The van der Waals surface area contributed by atoms with Crippen molar-refractivity contribution in [3.05, 3.63) is 34.1 Å². The van der Waals surface area contributed by atoms with Gasteiger partial charge < -0.3 is 11.1 Å². The van der Waals surface area contributed by atoms with E-state index in [0.717, 1.165) is 35.7 Å². The van der Waals surface area contributed by atoms with Crippen LogP contribution in [0.5, 0.6) is 0 Å². The molecule has 0 spiro atoms. The summed E-state index contributed by atoms with van der Waals surface area (Å²) in [6.07, 6.45) is 3.71. The molecule has 2 atom stereocenters. The monoisotopic (exact) mass is 328 g/mol. The Hall–Kier alpha value is -0.940. The Labute approximate surface area is 120 Å². The van der Waals surface area contributed by atoms with E-state index in [1.807, 2.05) is 0 Å². The Bertz CT molecular complexity index is 467. The molecule has 104 valence electrons. The summed E-state index contributed by atoms with van der Waals surface area (Å²) in [5.74, 6) is -0.473. The van der Waals surface area contributed by atoms with Crippen LogP contribution in [0.2, 0.25) is 0 Å². The van der Waals surface area contributed by atoms with Gasteiger partial charge in [0.05, 0.1) is 0 Å². The zero-order chi connectivity index (χ0) is 13.8. The predicted octanol–water partition coefficient (Wildman–Crippen LogP) is 2.72. The van der Waals surface area contributed by atoms with Crippen LogP contribution < -0.4 is 11.1 Å². The van der Waals surface area contributed by atoms with Crippen molar-refractivity contribution in [1.82, 2.24) is 5.32 Å². The van der Waals surface area contributed by atoms with Gasteiger partial charge in [-0.3, -0.25) is 4.79 Å². The van der Waals surface area contributed by atoms with Crippen LogP contribution in [0.25, 0.3) is 0 Å². The third-order valence-electron chi connectivity index (χ3n) is 3.67. The second kappa shape index (κ2) is 6.48. The first-order chi connectivity index (χ1) is 9.06. The minimum Gasteiger partial charge on any atom is -0.369 e. The number of benzene rings is 1. The highest BCUT2D eigenvalue weighted by atomic mass is 79.9. The normalized spacial score (nSPS) is 23.3. The lowest BCUT2D eigenvalue weighted by Gasteiger charge is -2.28. The summed E-state index contributed by atoms with van der Waals surface area (Å²) in [6, 6.07) is 4.93. The standard InChI is InChI=1S/C14H18BrFN2O/c15-13-5-4-11(16)6-10(13)8-18-12-3-1-2-9(7-12)14(17)19/h4-6,9,12,18H,1-3,7-8H2,(H2,17,19)/t9-,12+/m0/s1. The fraction of sp³-hybridized carbons (Fsp3) is 0.500. The maximum atomic E-state index is 13.2. The van der Waals surface area contributed by atoms with Crippen molar-refractivity contribution in [2.24, 2.45) is 11.7 Å². The number of carbonyl (C=O) groups is 1. The summed E-state index contributed by atoms with van der Waals surface area (Å²) in [7, 11) is 0. The second-order valence-electron chi connectivity index (χ2n) is 5.08. The van der Waals surface area contributed by atoms with Crippen molar-refractivity contribution in [3.8, 4) is 0 Å². The largest absolute Gasteiger partial charge is 0.369 e. The highest BCUT2D eigenvalue weighted by molar-refractivity contribution is 9.10. The molecule has 1 fully saturated rings. The Kier molecular flexibility index (Phi) is 4.93. The summed E-state index contributed by atoms with van der Waals surface area (Å²) >= 11 is 3.41. The van der Waals surface area contributed by atoms with Gasteiger partial charge >= 0.3 is 0 Å². The molecular weight excluding hydrogens is 311 g/mol. The first-order valence-electron chi connectivity index (χ1n) is 6.53. The number of nitrogens with two attached hydrogens (primary N) is 1. The van der Waals surface area contributed by atoms with Gasteiger partial charge in [-0.1, -0.05) is 22.4 Å². The number of hydrogen-bond donors (Lipinski definition) is 2. The molecule has 5 heteroatoms. The second-order valence-corrected chi connectivity index (χ2v) is 5.93. The smallest absolute Gasteiger partial charge is 0.220 e. The third kappa shape index (κ3) is 4.01. The lowest BCUT2D eigenvalue weighted by Crippen LogP contribution is -2.38. The highest BCUT2D eigenvalue weighted by Crippen LogP contribution is 2.25. The van der Waals surface area contributed by atoms with E-state index in [1.165, 1.54) is 12.1 Å². The molecule has 1 aromatic rings.